The molecule has 2 unspecified atom stereocenters. The average molecular weight is 296 g/mol. The standard InChI is InChI=1S/C11H15F3N2O2S/c1-16-9-6-8(11(12,13)14)4-2-7(9)3-5-10(16)15-19(17)18/h4,6-7,10,19H,2-3,5H2,1H3,(H,15,17,18). The van der Waals surface area contributed by atoms with E-state index in [1.165, 1.54) is 6.08 Å². The average Bonchev–Trinajstić information content (AvgIpc) is 2.31. The highest BCUT2D eigenvalue weighted by atomic mass is 32.2. The minimum absolute atomic E-state index is 0.0404. The van der Waals surface area contributed by atoms with Gasteiger partial charge in [0, 0.05) is 18.7 Å². The molecule has 108 valence electrons. The Morgan fingerprint density at radius 3 is 2.63 bits per heavy atom. The Morgan fingerprint density at radius 1 is 1.37 bits per heavy atom. The third kappa shape index (κ3) is 3.11. The van der Waals surface area contributed by atoms with Crippen molar-refractivity contribution >= 4 is 10.9 Å². The molecule has 0 saturated carbocycles. The summed E-state index contributed by atoms with van der Waals surface area (Å²) in [7, 11) is -1.15. The van der Waals surface area contributed by atoms with Gasteiger partial charge in [-0.3, -0.25) is 0 Å². The normalized spacial score (nSPS) is 27.9. The van der Waals surface area contributed by atoms with Crippen LogP contribution in [0.25, 0.3) is 0 Å². The molecule has 2 rings (SSSR count). The fourth-order valence-electron chi connectivity index (χ4n) is 2.58. The van der Waals surface area contributed by atoms with Crippen molar-refractivity contribution in [2.45, 2.75) is 31.6 Å². The number of rotatable bonds is 2. The zero-order chi connectivity index (χ0) is 14.2. The molecule has 2 aliphatic rings. The highest BCUT2D eigenvalue weighted by Gasteiger charge is 2.38. The molecule has 4 nitrogen and oxygen atoms in total. The molecule has 0 amide bonds. The predicted molar refractivity (Wildman–Crippen MR) is 64.6 cm³/mol. The van der Waals surface area contributed by atoms with Crippen LogP contribution in [0.2, 0.25) is 0 Å². The smallest absolute Gasteiger partial charge is 0.361 e. The summed E-state index contributed by atoms with van der Waals surface area (Å²) in [6, 6.07) is 0. The van der Waals surface area contributed by atoms with E-state index in [9.17, 15) is 21.6 Å². The van der Waals surface area contributed by atoms with Crippen LogP contribution in [0.1, 0.15) is 19.3 Å². The van der Waals surface area contributed by atoms with Crippen LogP contribution in [0.4, 0.5) is 13.2 Å². The predicted octanol–water partition coefficient (Wildman–Crippen LogP) is 1.55. The fraction of sp³-hybridized carbons (Fsp3) is 0.636. The molecule has 1 heterocycles. The third-order valence-electron chi connectivity index (χ3n) is 3.59. The molecule has 19 heavy (non-hydrogen) atoms. The number of hydrogen-bond acceptors (Lipinski definition) is 3. The van der Waals surface area contributed by atoms with Gasteiger partial charge in [0.2, 0.25) is 10.9 Å². The Kier molecular flexibility index (Phi) is 3.91. The molecular weight excluding hydrogens is 281 g/mol. The van der Waals surface area contributed by atoms with Crippen molar-refractivity contribution < 1.29 is 21.6 Å². The van der Waals surface area contributed by atoms with Crippen LogP contribution in [-0.4, -0.2) is 32.7 Å². The maximum absolute atomic E-state index is 12.7. The lowest BCUT2D eigenvalue weighted by atomic mass is 9.85. The van der Waals surface area contributed by atoms with E-state index in [4.69, 9.17) is 0 Å². The van der Waals surface area contributed by atoms with Gasteiger partial charge in [0.05, 0.1) is 11.7 Å². The summed E-state index contributed by atoms with van der Waals surface area (Å²) in [5.41, 5.74) is -0.104. The van der Waals surface area contributed by atoms with Crippen LogP contribution in [-0.2, 0) is 10.9 Å². The minimum Gasteiger partial charge on any atom is -0.361 e. The van der Waals surface area contributed by atoms with Crippen LogP contribution in [0.3, 0.4) is 0 Å². The van der Waals surface area contributed by atoms with Crippen molar-refractivity contribution in [3.05, 3.63) is 23.4 Å². The number of allylic oxidation sites excluding steroid dienone is 4. The molecule has 0 radical (unpaired) electrons. The summed E-state index contributed by atoms with van der Waals surface area (Å²) in [6.45, 7) is 0. The largest absolute Gasteiger partial charge is 0.416 e. The quantitative estimate of drug-likeness (QED) is 0.760. The van der Waals surface area contributed by atoms with Crippen molar-refractivity contribution in [1.29, 1.82) is 0 Å². The van der Waals surface area contributed by atoms with E-state index >= 15 is 0 Å². The summed E-state index contributed by atoms with van der Waals surface area (Å²) >= 11 is 0. The summed E-state index contributed by atoms with van der Waals surface area (Å²) in [5.74, 6) is 0.0404. The highest BCUT2D eigenvalue weighted by molar-refractivity contribution is 7.70. The van der Waals surface area contributed by atoms with Crippen molar-refractivity contribution in [1.82, 2.24) is 9.62 Å². The fourth-order valence-corrected chi connectivity index (χ4v) is 3.13. The van der Waals surface area contributed by atoms with Gasteiger partial charge in [-0.1, -0.05) is 6.08 Å². The lowest BCUT2D eigenvalue weighted by Crippen LogP contribution is -2.47. The first kappa shape index (κ1) is 14.4. The van der Waals surface area contributed by atoms with E-state index < -0.39 is 28.8 Å². The number of likely N-dealkylation sites (tertiary alicyclic amines) is 1. The van der Waals surface area contributed by atoms with E-state index in [0.29, 0.717) is 25.0 Å². The molecule has 0 bridgehead atoms. The number of hydrogen-bond donors (Lipinski definition) is 2. The second-order valence-corrected chi connectivity index (χ2v) is 5.52. The Bertz CT molecular complexity index is 489. The van der Waals surface area contributed by atoms with Gasteiger partial charge < -0.3 is 4.90 Å². The first-order valence-electron chi connectivity index (χ1n) is 5.91. The molecule has 2 atom stereocenters. The van der Waals surface area contributed by atoms with E-state index in [2.05, 4.69) is 4.72 Å². The zero-order valence-corrected chi connectivity index (χ0v) is 11.2. The van der Waals surface area contributed by atoms with Crippen LogP contribution in [0.15, 0.2) is 23.4 Å². The molecule has 1 aliphatic carbocycles. The van der Waals surface area contributed by atoms with Gasteiger partial charge in [-0.2, -0.15) is 17.9 Å². The van der Waals surface area contributed by atoms with Crippen LogP contribution in [0, 0.1) is 5.92 Å². The Balaban J connectivity index is 2.23. The van der Waals surface area contributed by atoms with Crippen LogP contribution in [0.5, 0.6) is 0 Å². The lowest BCUT2D eigenvalue weighted by molar-refractivity contribution is -0.0892. The maximum atomic E-state index is 12.7. The number of nitrogens with zero attached hydrogens (tertiary/aromatic N) is 1. The maximum Gasteiger partial charge on any atom is 0.416 e. The number of halogens is 3. The van der Waals surface area contributed by atoms with E-state index in [1.807, 2.05) is 0 Å². The highest BCUT2D eigenvalue weighted by Crippen LogP contribution is 2.39. The topological polar surface area (TPSA) is 49.4 Å². The molecule has 1 aliphatic heterocycles. The molecular formula is C11H15F3N2O2S. The number of nitrogens with one attached hydrogen (secondary N) is 1. The lowest BCUT2D eigenvalue weighted by Gasteiger charge is -2.41. The van der Waals surface area contributed by atoms with Crippen molar-refractivity contribution in [3.63, 3.8) is 0 Å². The summed E-state index contributed by atoms with van der Waals surface area (Å²) in [4.78, 5) is 1.60. The van der Waals surface area contributed by atoms with Gasteiger partial charge >= 0.3 is 6.18 Å². The van der Waals surface area contributed by atoms with Crippen molar-refractivity contribution in [3.8, 4) is 0 Å². The Hall–Kier alpha value is -1.02. The first-order chi connectivity index (χ1) is 8.79. The zero-order valence-electron chi connectivity index (χ0n) is 10.3. The molecule has 1 fully saturated rings. The first-order valence-corrected chi connectivity index (χ1v) is 7.09. The monoisotopic (exact) mass is 296 g/mol. The van der Waals surface area contributed by atoms with Crippen molar-refractivity contribution in [2.75, 3.05) is 7.05 Å². The van der Waals surface area contributed by atoms with Crippen LogP contribution < -0.4 is 4.72 Å². The van der Waals surface area contributed by atoms with Crippen LogP contribution >= 0.6 is 0 Å². The molecule has 0 aromatic carbocycles. The van der Waals surface area contributed by atoms with E-state index in [1.54, 1.807) is 11.9 Å². The molecule has 8 heteroatoms. The van der Waals surface area contributed by atoms with Gasteiger partial charge in [-0.05, 0) is 25.3 Å². The molecule has 1 saturated heterocycles. The van der Waals surface area contributed by atoms with Gasteiger partial charge in [0.15, 0.2) is 0 Å². The molecule has 0 aromatic rings. The second kappa shape index (κ2) is 5.16. The number of thiol groups is 1. The Morgan fingerprint density at radius 2 is 2.05 bits per heavy atom. The van der Waals surface area contributed by atoms with Gasteiger partial charge in [0.25, 0.3) is 0 Å². The second-order valence-electron chi connectivity index (χ2n) is 4.75. The van der Waals surface area contributed by atoms with E-state index in [-0.39, 0.29) is 5.92 Å². The van der Waals surface area contributed by atoms with Gasteiger partial charge in [0.1, 0.15) is 0 Å². The number of piperidine rings is 1. The minimum atomic E-state index is -4.36. The van der Waals surface area contributed by atoms with Gasteiger partial charge in [-0.15, -0.1) is 0 Å². The summed E-state index contributed by atoms with van der Waals surface area (Å²) in [6.07, 6.45) is -0.861. The SMILES string of the molecule is CN1C2=CC(C(F)(F)F)=CCC2CCC1N[SH](=O)=O. The molecule has 0 spiro atoms. The van der Waals surface area contributed by atoms with Crippen molar-refractivity contribution in [2.24, 2.45) is 5.92 Å². The Labute approximate surface area is 111 Å². The third-order valence-corrected chi connectivity index (χ3v) is 4.10. The molecule has 0 aromatic heterocycles. The molecule has 1 N–H and O–H groups in total. The number of fused-ring (bicyclic) bond motifs is 1. The number of alkyl halides is 3. The summed E-state index contributed by atoms with van der Waals surface area (Å²) < 4.78 is 61.8. The van der Waals surface area contributed by atoms with Gasteiger partial charge in [-0.25, -0.2) is 8.42 Å². The summed E-state index contributed by atoms with van der Waals surface area (Å²) in [5, 5.41) is 0. The van der Waals surface area contributed by atoms with E-state index in [0.717, 1.165) is 6.08 Å².